The number of rotatable bonds is 8. The van der Waals surface area contributed by atoms with Crippen LogP contribution in [0.4, 0.5) is 4.39 Å². The minimum absolute atomic E-state index is 0.182. The van der Waals surface area contributed by atoms with E-state index in [0.717, 1.165) is 22.1 Å². The molecule has 0 saturated heterocycles. The third kappa shape index (κ3) is 5.08. The van der Waals surface area contributed by atoms with Crippen molar-refractivity contribution < 1.29 is 17.9 Å². The molecular formula is C18H20FN3O3S2. The van der Waals surface area contributed by atoms with Crippen LogP contribution in [0.3, 0.4) is 0 Å². The van der Waals surface area contributed by atoms with Crippen molar-refractivity contribution in [3.63, 3.8) is 0 Å². The first-order valence-electron chi connectivity index (χ1n) is 8.34. The van der Waals surface area contributed by atoms with E-state index in [4.69, 9.17) is 0 Å². The Labute approximate surface area is 161 Å². The molecule has 3 aromatic rings. The minimum Gasteiger partial charge on any atom is -0.387 e. The maximum Gasteiger partial charge on any atom is 0.240 e. The molecule has 3 N–H and O–H groups in total. The number of fused-ring (bicyclic) bond motifs is 1. The van der Waals surface area contributed by atoms with E-state index in [1.807, 2.05) is 0 Å². The molecule has 0 fully saturated rings. The molecule has 0 aliphatic carbocycles. The molecule has 1 aromatic carbocycles. The lowest BCUT2D eigenvalue weighted by Crippen LogP contribution is -2.40. The summed E-state index contributed by atoms with van der Waals surface area (Å²) < 4.78 is 40.7. The molecule has 0 saturated carbocycles. The van der Waals surface area contributed by atoms with Crippen molar-refractivity contribution in [3.05, 3.63) is 58.8 Å². The van der Waals surface area contributed by atoms with E-state index in [1.54, 1.807) is 49.0 Å². The zero-order valence-electron chi connectivity index (χ0n) is 14.6. The molecule has 3 rings (SSSR count). The van der Waals surface area contributed by atoms with Gasteiger partial charge in [-0.3, -0.25) is 4.98 Å². The van der Waals surface area contributed by atoms with Crippen LogP contribution in [-0.2, 0) is 10.0 Å². The van der Waals surface area contributed by atoms with Gasteiger partial charge in [-0.2, -0.15) is 4.39 Å². The fourth-order valence-corrected chi connectivity index (χ4v) is 4.61. The van der Waals surface area contributed by atoms with Gasteiger partial charge in [-0.05, 0) is 47.5 Å². The molecule has 6 nitrogen and oxygen atoms in total. The van der Waals surface area contributed by atoms with Crippen LogP contribution >= 0.6 is 11.3 Å². The van der Waals surface area contributed by atoms with Gasteiger partial charge in [0.25, 0.3) is 0 Å². The van der Waals surface area contributed by atoms with Gasteiger partial charge in [0.1, 0.15) is 0 Å². The second-order valence-electron chi connectivity index (χ2n) is 6.27. The molecule has 2 heterocycles. The second-order valence-corrected chi connectivity index (χ2v) is 8.84. The summed E-state index contributed by atoms with van der Waals surface area (Å²) in [5.74, 6) is 0. The van der Waals surface area contributed by atoms with Crippen LogP contribution in [-0.4, -0.2) is 37.6 Å². The average molecular weight is 410 g/mol. The monoisotopic (exact) mass is 409 g/mol. The highest BCUT2D eigenvalue weighted by Gasteiger charge is 2.18. The first-order valence-corrected chi connectivity index (χ1v) is 10.7. The van der Waals surface area contributed by atoms with E-state index in [-0.39, 0.29) is 16.6 Å². The molecule has 1 unspecified atom stereocenters. The highest BCUT2D eigenvalue weighted by Crippen LogP contribution is 2.19. The van der Waals surface area contributed by atoms with Crippen molar-refractivity contribution in [2.75, 3.05) is 13.1 Å². The van der Waals surface area contributed by atoms with Crippen LogP contribution in [0.25, 0.3) is 10.8 Å². The molecule has 0 bridgehead atoms. The number of sulfonamides is 1. The Bertz CT molecular complexity index is 1020. The highest BCUT2D eigenvalue weighted by atomic mass is 32.2. The van der Waals surface area contributed by atoms with E-state index in [0.29, 0.717) is 12.1 Å². The maximum atomic E-state index is 13.0. The van der Waals surface area contributed by atoms with Crippen molar-refractivity contribution in [2.24, 2.45) is 0 Å². The topological polar surface area (TPSA) is 91.3 Å². The summed E-state index contributed by atoms with van der Waals surface area (Å²) in [5.41, 5.74) is 0.504. The predicted octanol–water partition coefficient (Wildman–Crippen LogP) is 2.43. The first kappa shape index (κ1) is 19.8. The molecular weight excluding hydrogens is 389 g/mol. The van der Waals surface area contributed by atoms with Gasteiger partial charge in [-0.1, -0.05) is 6.07 Å². The van der Waals surface area contributed by atoms with E-state index in [9.17, 15) is 17.9 Å². The fourth-order valence-electron chi connectivity index (χ4n) is 2.66. The Morgan fingerprint density at radius 1 is 1.22 bits per heavy atom. The largest absolute Gasteiger partial charge is 0.387 e. The summed E-state index contributed by atoms with van der Waals surface area (Å²) in [6.07, 6.45) is 2.45. The number of pyridine rings is 1. The summed E-state index contributed by atoms with van der Waals surface area (Å²) in [7, 11) is -3.67. The lowest BCUT2D eigenvalue weighted by atomic mass is 10.2. The third-order valence-electron chi connectivity index (χ3n) is 4.04. The number of aliphatic hydroxyl groups is 1. The van der Waals surface area contributed by atoms with Crippen LogP contribution in [0.2, 0.25) is 0 Å². The van der Waals surface area contributed by atoms with Crippen LogP contribution in [0.5, 0.6) is 0 Å². The summed E-state index contributed by atoms with van der Waals surface area (Å²) in [6.45, 7) is 2.25. The summed E-state index contributed by atoms with van der Waals surface area (Å²) >= 11 is 0.929. The maximum absolute atomic E-state index is 13.0. The van der Waals surface area contributed by atoms with Crippen molar-refractivity contribution >= 4 is 32.1 Å². The predicted molar refractivity (Wildman–Crippen MR) is 104 cm³/mol. The van der Waals surface area contributed by atoms with Crippen LogP contribution in [0.15, 0.2) is 53.0 Å². The summed E-state index contributed by atoms with van der Waals surface area (Å²) in [6, 6.07) is 7.52. The van der Waals surface area contributed by atoms with E-state index >= 15 is 0 Å². The normalized spacial score (nSPS) is 14.3. The molecule has 0 amide bonds. The van der Waals surface area contributed by atoms with Crippen LogP contribution in [0, 0.1) is 5.13 Å². The van der Waals surface area contributed by atoms with Crippen LogP contribution < -0.4 is 10.0 Å². The lowest BCUT2D eigenvalue weighted by molar-refractivity contribution is 0.174. The zero-order chi connectivity index (χ0) is 19.4. The number of hydrogen-bond acceptors (Lipinski definition) is 6. The minimum atomic E-state index is -3.67. The lowest BCUT2D eigenvalue weighted by Gasteiger charge is -2.17. The number of benzene rings is 1. The molecule has 0 aliphatic rings. The molecule has 0 spiro atoms. The van der Waals surface area contributed by atoms with Crippen molar-refractivity contribution in [1.29, 1.82) is 0 Å². The van der Waals surface area contributed by atoms with Gasteiger partial charge in [0.05, 0.1) is 11.0 Å². The Kier molecular flexibility index (Phi) is 6.18. The summed E-state index contributed by atoms with van der Waals surface area (Å²) in [4.78, 5) is 4.19. The molecule has 144 valence electrons. The van der Waals surface area contributed by atoms with E-state index in [1.165, 1.54) is 6.07 Å². The molecule has 2 atom stereocenters. The Morgan fingerprint density at radius 3 is 2.78 bits per heavy atom. The highest BCUT2D eigenvalue weighted by molar-refractivity contribution is 7.89. The first-order chi connectivity index (χ1) is 12.8. The van der Waals surface area contributed by atoms with Gasteiger partial charge >= 0.3 is 0 Å². The van der Waals surface area contributed by atoms with Gasteiger partial charge in [0.2, 0.25) is 10.0 Å². The third-order valence-corrected chi connectivity index (χ3v) is 6.36. The molecule has 0 radical (unpaired) electrons. The van der Waals surface area contributed by atoms with Gasteiger partial charge in [0, 0.05) is 36.9 Å². The number of halogens is 1. The Morgan fingerprint density at radius 2 is 2.04 bits per heavy atom. The molecule has 2 aromatic heterocycles. The number of thiophene rings is 1. The second kappa shape index (κ2) is 8.41. The van der Waals surface area contributed by atoms with Crippen molar-refractivity contribution in [1.82, 2.24) is 15.0 Å². The van der Waals surface area contributed by atoms with E-state index < -0.39 is 22.2 Å². The number of hydrogen-bond donors (Lipinski definition) is 3. The van der Waals surface area contributed by atoms with Gasteiger partial charge in [0.15, 0.2) is 5.13 Å². The number of aliphatic hydroxyl groups excluding tert-OH is 1. The smallest absolute Gasteiger partial charge is 0.240 e. The van der Waals surface area contributed by atoms with Gasteiger partial charge in [-0.25, -0.2) is 13.1 Å². The summed E-state index contributed by atoms with van der Waals surface area (Å²) in [5, 5.41) is 15.9. The SMILES string of the molecule is C[C@H](CNCC(O)c1csc(F)c1)NS(=O)(=O)c1ccc2cnccc2c1. The average Bonchev–Trinajstić information content (AvgIpc) is 3.07. The van der Waals surface area contributed by atoms with Crippen LogP contribution in [0.1, 0.15) is 18.6 Å². The number of nitrogens with one attached hydrogen (secondary N) is 2. The van der Waals surface area contributed by atoms with Crippen molar-refractivity contribution in [2.45, 2.75) is 24.0 Å². The van der Waals surface area contributed by atoms with Gasteiger partial charge < -0.3 is 10.4 Å². The molecule has 9 heteroatoms. The standard InChI is InChI=1S/C18H20FN3O3S2/c1-12(8-21-10-17(23)15-7-18(19)26-11-15)22-27(24,25)16-3-2-14-9-20-5-4-13(14)6-16/h2-7,9,11-12,17,21-23H,8,10H2,1H3/t12-,17?/m1/s1. The zero-order valence-corrected chi connectivity index (χ0v) is 16.2. The Balaban J connectivity index is 1.56. The quantitative estimate of drug-likeness (QED) is 0.532. The molecule has 27 heavy (non-hydrogen) atoms. The van der Waals surface area contributed by atoms with E-state index in [2.05, 4.69) is 15.0 Å². The number of aromatic nitrogens is 1. The number of nitrogens with zero attached hydrogens (tertiary/aromatic N) is 1. The van der Waals surface area contributed by atoms with Crippen molar-refractivity contribution in [3.8, 4) is 0 Å². The fraction of sp³-hybridized carbons (Fsp3) is 0.278. The Hall–Kier alpha value is -1.91. The molecule has 0 aliphatic heterocycles. The van der Waals surface area contributed by atoms with Gasteiger partial charge in [-0.15, -0.1) is 11.3 Å².